The molecule has 2 aromatic heterocycles. The van der Waals surface area contributed by atoms with Gasteiger partial charge in [-0.1, -0.05) is 0 Å². The number of likely N-dealkylation sites (tertiary alicyclic amines) is 1. The zero-order chi connectivity index (χ0) is 17.4. The second-order valence-electron chi connectivity index (χ2n) is 7.58. The van der Waals surface area contributed by atoms with Crippen molar-refractivity contribution in [2.75, 3.05) is 25.0 Å². The molecular formula is C18H28N6O. The lowest BCUT2D eigenvalue weighted by atomic mass is 9.87. The summed E-state index contributed by atoms with van der Waals surface area (Å²) in [7, 11) is 4.04. The number of rotatable bonds is 4. The van der Waals surface area contributed by atoms with E-state index in [1.165, 1.54) is 5.69 Å². The number of anilines is 1. The third-order valence-corrected chi connectivity index (χ3v) is 5.62. The van der Waals surface area contributed by atoms with Gasteiger partial charge in [-0.05, 0) is 32.3 Å². The van der Waals surface area contributed by atoms with E-state index in [4.69, 9.17) is 4.74 Å². The van der Waals surface area contributed by atoms with Crippen molar-refractivity contribution in [2.45, 2.75) is 44.4 Å². The van der Waals surface area contributed by atoms with Crippen LogP contribution in [-0.4, -0.2) is 55.6 Å². The molecule has 0 aromatic carbocycles. The highest BCUT2D eigenvalue weighted by Gasteiger charge is 2.42. The van der Waals surface area contributed by atoms with Crippen LogP contribution < -0.4 is 5.32 Å². The van der Waals surface area contributed by atoms with Gasteiger partial charge in [-0.3, -0.25) is 9.58 Å². The lowest BCUT2D eigenvalue weighted by Crippen LogP contribution is -2.44. The van der Waals surface area contributed by atoms with Crippen LogP contribution in [0.5, 0.6) is 0 Å². The molecule has 0 saturated carbocycles. The molecule has 1 N–H and O–H groups in total. The fraction of sp³-hybridized carbons (Fsp3) is 0.667. The summed E-state index contributed by atoms with van der Waals surface area (Å²) in [6.07, 6.45) is 7.06. The molecule has 4 rings (SSSR count). The predicted octanol–water partition coefficient (Wildman–Crippen LogP) is 1.70. The van der Waals surface area contributed by atoms with Crippen molar-refractivity contribution in [3.63, 3.8) is 0 Å². The van der Waals surface area contributed by atoms with Crippen LogP contribution in [0.25, 0.3) is 0 Å². The minimum atomic E-state index is 0.0434. The Morgan fingerprint density at radius 3 is 2.76 bits per heavy atom. The monoisotopic (exact) mass is 344 g/mol. The summed E-state index contributed by atoms with van der Waals surface area (Å²) in [5, 5.41) is 7.97. The zero-order valence-electron chi connectivity index (χ0n) is 15.4. The number of piperidine rings is 1. The van der Waals surface area contributed by atoms with Gasteiger partial charge in [0.05, 0.1) is 29.6 Å². The molecule has 2 aliphatic heterocycles. The molecule has 0 aliphatic carbocycles. The van der Waals surface area contributed by atoms with E-state index in [0.29, 0.717) is 6.04 Å². The molecule has 1 spiro atoms. The van der Waals surface area contributed by atoms with Crippen LogP contribution in [0.1, 0.15) is 30.7 Å². The molecule has 2 fully saturated rings. The van der Waals surface area contributed by atoms with Crippen molar-refractivity contribution in [1.82, 2.24) is 24.2 Å². The molecule has 7 nitrogen and oxygen atoms in total. The average Bonchev–Trinajstić information content (AvgIpc) is 3.25. The van der Waals surface area contributed by atoms with Crippen LogP contribution >= 0.6 is 0 Å². The first-order chi connectivity index (χ1) is 12.0. The molecule has 2 aromatic rings. The lowest BCUT2D eigenvalue weighted by Gasteiger charge is -2.38. The summed E-state index contributed by atoms with van der Waals surface area (Å²) in [6, 6.07) is 2.54. The van der Waals surface area contributed by atoms with E-state index in [-0.39, 0.29) is 5.60 Å². The second-order valence-corrected chi connectivity index (χ2v) is 7.58. The number of aromatic nitrogens is 4. The molecule has 1 atom stereocenters. The molecule has 2 saturated heterocycles. The summed E-state index contributed by atoms with van der Waals surface area (Å²) in [5.74, 6) is 0.926. The number of imidazole rings is 1. The maximum absolute atomic E-state index is 6.27. The Labute approximate surface area is 149 Å². The van der Waals surface area contributed by atoms with Crippen molar-refractivity contribution >= 4 is 5.95 Å². The SMILES string of the molecule is Cc1cc(CN2CCC3(CC2)CC(Nc2nccn2C)CO3)n(C)n1. The Kier molecular flexibility index (Phi) is 4.29. The Hall–Kier alpha value is -1.86. The first-order valence-corrected chi connectivity index (χ1v) is 9.13. The van der Waals surface area contributed by atoms with Gasteiger partial charge in [0.2, 0.25) is 5.95 Å². The first-order valence-electron chi connectivity index (χ1n) is 9.13. The molecule has 2 aliphatic rings. The molecule has 1 unspecified atom stereocenters. The normalized spacial score (nSPS) is 23.4. The number of hydrogen-bond donors (Lipinski definition) is 1. The molecule has 0 radical (unpaired) electrons. The Bertz CT molecular complexity index is 728. The largest absolute Gasteiger partial charge is 0.373 e. The second kappa shape index (κ2) is 6.46. The maximum atomic E-state index is 6.27. The smallest absolute Gasteiger partial charge is 0.202 e. The first kappa shape index (κ1) is 16.6. The van der Waals surface area contributed by atoms with Crippen LogP contribution in [0.4, 0.5) is 5.95 Å². The maximum Gasteiger partial charge on any atom is 0.202 e. The fourth-order valence-electron chi connectivity index (χ4n) is 4.13. The minimum absolute atomic E-state index is 0.0434. The summed E-state index contributed by atoms with van der Waals surface area (Å²) in [6.45, 7) is 5.96. The Morgan fingerprint density at radius 2 is 2.12 bits per heavy atom. The van der Waals surface area contributed by atoms with Crippen molar-refractivity contribution in [2.24, 2.45) is 14.1 Å². The van der Waals surface area contributed by atoms with Crippen LogP contribution in [0.3, 0.4) is 0 Å². The number of aryl methyl sites for hydroxylation is 3. The third kappa shape index (κ3) is 3.43. The third-order valence-electron chi connectivity index (χ3n) is 5.62. The van der Waals surface area contributed by atoms with E-state index in [2.05, 4.69) is 33.3 Å². The molecule has 0 amide bonds. The van der Waals surface area contributed by atoms with E-state index in [0.717, 1.165) is 57.1 Å². The topological polar surface area (TPSA) is 60.1 Å². The van der Waals surface area contributed by atoms with Gasteiger partial charge in [0.15, 0.2) is 0 Å². The van der Waals surface area contributed by atoms with Gasteiger partial charge in [0.1, 0.15) is 0 Å². The van der Waals surface area contributed by atoms with E-state index in [1.54, 1.807) is 0 Å². The Morgan fingerprint density at radius 1 is 1.32 bits per heavy atom. The molecule has 0 bridgehead atoms. The van der Waals surface area contributed by atoms with Crippen molar-refractivity contribution in [1.29, 1.82) is 0 Å². The summed E-state index contributed by atoms with van der Waals surface area (Å²) < 4.78 is 10.3. The molecule has 4 heterocycles. The number of ether oxygens (including phenoxy) is 1. The minimum Gasteiger partial charge on any atom is -0.373 e. The van der Waals surface area contributed by atoms with E-state index in [1.807, 2.05) is 35.7 Å². The highest BCUT2D eigenvalue weighted by molar-refractivity contribution is 5.28. The van der Waals surface area contributed by atoms with Gasteiger partial charge in [-0.15, -0.1) is 0 Å². The highest BCUT2D eigenvalue weighted by atomic mass is 16.5. The molecule has 25 heavy (non-hydrogen) atoms. The summed E-state index contributed by atoms with van der Waals surface area (Å²) in [4.78, 5) is 6.88. The van der Waals surface area contributed by atoms with Crippen molar-refractivity contribution in [3.05, 3.63) is 29.8 Å². The van der Waals surface area contributed by atoms with Gasteiger partial charge in [-0.2, -0.15) is 5.10 Å². The van der Waals surface area contributed by atoms with Gasteiger partial charge < -0.3 is 14.6 Å². The van der Waals surface area contributed by atoms with Crippen LogP contribution in [0, 0.1) is 6.92 Å². The lowest BCUT2D eigenvalue weighted by molar-refractivity contribution is -0.0451. The van der Waals surface area contributed by atoms with Crippen molar-refractivity contribution < 1.29 is 4.74 Å². The van der Waals surface area contributed by atoms with Crippen LogP contribution in [0.2, 0.25) is 0 Å². The molecule has 7 heteroatoms. The molecule has 136 valence electrons. The predicted molar refractivity (Wildman–Crippen MR) is 96.4 cm³/mol. The van der Waals surface area contributed by atoms with E-state index in [9.17, 15) is 0 Å². The van der Waals surface area contributed by atoms with Crippen LogP contribution in [-0.2, 0) is 25.4 Å². The fourth-order valence-corrected chi connectivity index (χ4v) is 4.13. The summed E-state index contributed by atoms with van der Waals surface area (Å²) >= 11 is 0. The van der Waals surface area contributed by atoms with E-state index >= 15 is 0 Å². The average molecular weight is 344 g/mol. The van der Waals surface area contributed by atoms with Gasteiger partial charge in [0.25, 0.3) is 0 Å². The number of nitrogens with one attached hydrogen (secondary N) is 1. The van der Waals surface area contributed by atoms with Crippen LogP contribution in [0.15, 0.2) is 18.5 Å². The van der Waals surface area contributed by atoms with Crippen molar-refractivity contribution in [3.8, 4) is 0 Å². The van der Waals surface area contributed by atoms with Gasteiger partial charge >= 0.3 is 0 Å². The molecular weight excluding hydrogens is 316 g/mol. The quantitative estimate of drug-likeness (QED) is 0.915. The standard InChI is InChI=1S/C18H28N6O/c1-14-10-16(23(3)21-14)12-24-7-4-18(5-8-24)11-15(13-25-18)20-17-19-6-9-22(17)2/h6,9-10,15H,4-5,7-8,11-13H2,1-3H3,(H,19,20). The van der Waals surface area contributed by atoms with Gasteiger partial charge in [0, 0.05) is 46.1 Å². The number of hydrogen-bond acceptors (Lipinski definition) is 5. The highest BCUT2D eigenvalue weighted by Crippen LogP contribution is 2.37. The summed E-state index contributed by atoms with van der Waals surface area (Å²) in [5.41, 5.74) is 2.42. The number of nitrogens with zero attached hydrogens (tertiary/aromatic N) is 5. The van der Waals surface area contributed by atoms with E-state index < -0.39 is 0 Å². The zero-order valence-corrected chi connectivity index (χ0v) is 15.4. The Balaban J connectivity index is 1.31. The van der Waals surface area contributed by atoms with Gasteiger partial charge in [-0.25, -0.2) is 4.98 Å².